The molecule has 2 N–H and O–H groups in total. The van der Waals surface area contributed by atoms with E-state index in [4.69, 9.17) is 5.26 Å². The molecule has 8 heavy (non-hydrogen) atoms. The van der Waals surface area contributed by atoms with E-state index in [0.29, 0.717) is 13.3 Å². The predicted molar refractivity (Wildman–Crippen MR) is 28.3 cm³/mol. The molecule has 0 aromatic rings. The first-order valence-electron chi connectivity index (χ1n) is 2.49. The maximum Gasteiger partial charge on any atom is 0.181 e. The maximum atomic E-state index is 8.29. The molecule has 0 aliphatic carbocycles. The molecule has 4 nitrogen and oxygen atoms in total. The fourth-order valence-corrected chi connectivity index (χ4v) is 0.597. The molecule has 0 aromatic heterocycles. The first-order valence-corrected chi connectivity index (χ1v) is 2.49. The molecule has 0 spiro atoms. The summed E-state index contributed by atoms with van der Waals surface area (Å²) in [6.07, 6.45) is 2.01. The van der Waals surface area contributed by atoms with Crippen LogP contribution in [0.1, 0.15) is 0 Å². The van der Waals surface area contributed by atoms with Crippen LogP contribution < -0.4 is 10.6 Å². The molecule has 4 heteroatoms. The molecule has 1 fully saturated rings. The Labute approximate surface area is 48.1 Å². The number of nitriles is 1. The zero-order chi connectivity index (χ0) is 5.82. The van der Waals surface area contributed by atoms with Gasteiger partial charge in [0.2, 0.25) is 0 Å². The van der Waals surface area contributed by atoms with Gasteiger partial charge in [0.25, 0.3) is 0 Å². The molecule has 1 aliphatic heterocycles. The van der Waals surface area contributed by atoms with Crippen molar-refractivity contribution in [2.24, 2.45) is 0 Å². The van der Waals surface area contributed by atoms with E-state index in [0.717, 1.165) is 6.67 Å². The first kappa shape index (κ1) is 5.35. The standard InChI is InChI=1S/C4H8N4/c5-1-8-3-6-2-7-4-8/h6-7H,2-4H2. The minimum atomic E-state index is 0.670. The molecule has 1 rings (SSSR count). The first-order chi connectivity index (χ1) is 3.93. The lowest BCUT2D eigenvalue weighted by Crippen LogP contribution is -2.48. The second-order valence-electron chi connectivity index (χ2n) is 1.63. The van der Waals surface area contributed by atoms with Crippen molar-refractivity contribution in [1.29, 1.82) is 5.26 Å². The van der Waals surface area contributed by atoms with Gasteiger partial charge in [0.15, 0.2) is 6.19 Å². The molecular formula is C4H8N4. The van der Waals surface area contributed by atoms with E-state index in [1.165, 1.54) is 0 Å². The molecule has 44 valence electrons. The summed E-state index contributed by atoms with van der Waals surface area (Å²) in [6.45, 7) is 2.14. The van der Waals surface area contributed by atoms with Gasteiger partial charge in [0.05, 0.1) is 13.3 Å². The molecule has 1 aliphatic rings. The Balaban J connectivity index is 2.25. The van der Waals surface area contributed by atoms with Gasteiger partial charge in [-0.05, 0) is 0 Å². The Morgan fingerprint density at radius 2 is 2.00 bits per heavy atom. The third kappa shape index (κ3) is 1.09. The van der Waals surface area contributed by atoms with Gasteiger partial charge in [-0.1, -0.05) is 0 Å². The minimum Gasteiger partial charge on any atom is -0.287 e. The fourth-order valence-electron chi connectivity index (χ4n) is 0.597. The van der Waals surface area contributed by atoms with Gasteiger partial charge in [-0.25, -0.2) is 0 Å². The smallest absolute Gasteiger partial charge is 0.181 e. The molecule has 0 aromatic carbocycles. The van der Waals surface area contributed by atoms with E-state index in [-0.39, 0.29) is 0 Å². The van der Waals surface area contributed by atoms with Crippen LogP contribution in [0.15, 0.2) is 0 Å². The zero-order valence-corrected chi connectivity index (χ0v) is 4.52. The Kier molecular flexibility index (Phi) is 1.67. The van der Waals surface area contributed by atoms with Crippen molar-refractivity contribution in [3.63, 3.8) is 0 Å². The van der Waals surface area contributed by atoms with Crippen LogP contribution in [-0.2, 0) is 0 Å². The van der Waals surface area contributed by atoms with Gasteiger partial charge in [0, 0.05) is 6.67 Å². The van der Waals surface area contributed by atoms with Crippen LogP contribution in [0.5, 0.6) is 0 Å². The zero-order valence-electron chi connectivity index (χ0n) is 4.52. The molecule has 0 saturated carbocycles. The SMILES string of the molecule is N#CN1CNCNC1. The monoisotopic (exact) mass is 112 g/mol. The number of rotatable bonds is 0. The summed E-state index contributed by atoms with van der Waals surface area (Å²) >= 11 is 0. The Morgan fingerprint density at radius 3 is 2.38 bits per heavy atom. The Bertz CT molecular complexity index is 99.1. The minimum absolute atomic E-state index is 0.670. The summed E-state index contributed by atoms with van der Waals surface area (Å²) in [5, 5.41) is 14.2. The van der Waals surface area contributed by atoms with E-state index < -0.39 is 0 Å². The van der Waals surface area contributed by atoms with Crippen molar-refractivity contribution in [1.82, 2.24) is 15.5 Å². The lowest BCUT2D eigenvalue weighted by molar-refractivity contribution is 0.272. The maximum absolute atomic E-state index is 8.29. The van der Waals surface area contributed by atoms with E-state index in [1.54, 1.807) is 4.90 Å². The number of nitrogens with one attached hydrogen (secondary N) is 2. The van der Waals surface area contributed by atoms with E-state index in [2.05, 4.69) is 10.6 Å². The van der Waals surface area contributed by atoms with Gasteiger partial charge in [-0.15, -0.1) is 0 Å². The Morgan fingerprint density at radius 1 is 1.38 bits per heavy atom. The number of nitrogens with zero attached hydrogens (tertiary/aromatic N) is 2. The van der Waals surface area contributed by atoms with Crippen molar-refractivity contribution in [2.75, 3.05) is 20.0 Å². The highest BCUT2D eigenvalue weighted by Crippen LogP contribution is 1.80. The quantitative estimate of drug-likeness (QED) is 0.388. The highest BCUT2D eigenvalue weighted by Gasteiger charge is 2.03. The van der Waals surface area contributed by atoms with Crippen molar-refractivity contribution < 1.29 is 0 Å². The summed E-state index contributed by atoms with van der Waals surface area (Å²) in [6, 6.07) is 0. The van der Waals surface area contributed by atoms with Crippen LogP contribution in [0.2, 0.25) is 0 Å². The van der Waals surface area contributed by atoms with Crippen LogP contribution in [0.3, 0.4) is 0 Å². The van der Waals surface area contributed by atoms with Gasteiger partial charge in [-0.3, -0.25) is 15.5 Å². The van der Waals surface area contributed by atoms with Crippen LogP contribution in [0.4, 0.5) is 0 Å². The van der Waals surface area contributed by atoms with E-state index in [1.807, 2.05) is 6.19 Å². The third-order valence-corrected chi connectivity index (χ3v) is 0.997. The van der Waals surface area contributed by atoms with Crippen LogP contribution >= 0.6 is 0 Å². The summed E-state index contributed by atoms with van der Waals surface area (Å²) in [4.78, 5) is 1.60. The normalized spacial score (nSPS) is 20.1. The molecule has 0 atom stereocenters. The van der Waals surface area contributed by atoms with Crippen molar-refractivity contribution in [2.45, 2.75) is 0 Å². The second kappa shape index (κ2) is 2.50. The summed E-state index contributed by atoms with van der Waals surface area (Å²) in [7, 11) is 0. The van der Waals surface area contributed by atoms with Crippen molar-refractivity contribution in [3.05, 3.63) is 0 Å². The average Bonchev–Trinajstić information content (AvgIpc) is 1.90. The lowest BCUT2D eigenvalue weighted by Gasteiger charge is -2.22. The average molecular weight is 112 g/mol. The second-order valence-corrected chi connectivity index (χ2v) is 1.63. The van der Waals surface area contributed by atoms with Gasteiger partial charge in [0.1, 0.15) is 0 Å². The lowest BCUT2D eigenvalue weighted by atomic mass is 10.7. The van der Waals surface area contributed by atoms with Gasteiger partial charge >= 0.3 is 0 Å². The molecule has 0 bridgehead atoms. The molecule has 0 amide bonds. The van der Waals surface area contributed by atoms with Gasteiger partial charge < -0.3 is 0 Å². The summed E-state index contributed by atoms with van der Waals surface area (Å²) in [5.41, 5.74) is 0. The molecular weight excluding hydrogens is 104 g/mol. The largest absolute Gasteiger partial charge is 0.287 e. The van der Waals surface area contributed by atoms with Crippen molar-refractivity contribution in [3.8, 4) is 6.19 Å². The highest BCUT2D eigenvalue weighted by atomic mass is 15.3. The summed E-state index contributed by atoms with van der Waals surface area (Å²) < 4.78 is 0. The molecule has 1 saturated heterocycles. The molecule has 0 radical (unpaired) electrons. The number of hydrogen-bond donors (Lipinski definition) is 2. The van der Waals surface area contributed by atoms with Crippen molar-refractivity contribution >= 4 is 0 Å². The van der Waals surface area contributed by atoms with E-state index >= 15 is 0 Å². The van der Waals surface area contributed by atoms with Gasteiger partial charge in [-0.2, -0.15) is 5.26 Å². The number of hydrogen-bond acceptors (Lipinski definition) is 4. The predicted octanol–water partition coefficient (Wildman–Crippen LogP) is -1.17. The summed E-state index contributed by atoms with van der Waals surface area (Å²) in [5.74, 6) is 0. The fraction of sp³-hybridized carbons (Fsp3) is 0.750. The third-order valence-electron chi connectivity index (χ3n) is 0.997. The van der Waals surface area contributed by atoms with Crippen LogP contribution in [0.25, 0.3) is 0 Å². The van der Waals surface area contributed by atoms with Crippen LogP contribution in [0, 0.1) is 11.5 Å². The highest BCUT2D eigenvalue weighted by molar-refractivity contribution is 4.73. The molecule has 0 unspecified atom stereocenters. The van der Waals surface area contributed by atoms with Crippen LogP contribution in [-0.4, -0.2) is 24.9 Å². The topological polar surface area (TPSA) is 51.1 Å². The molecule has 1 heterocycles. The Hall–Kier alpha value is -0.790. The van der Waals surface area contributed by atoms with E-state index in [9.17, 15) is 0 Å².